The van der Waals surface area contributed by atoms with Crippen molar-refractivity contribution in [2.45, 2.75) is 19.2 Å². The van der Waals surface area contributed by atoms with Gasteiger partial charge in [0.25, 0.3) is 0 Å². The van der Waals surface area contributed by atoms with Crippen LogP contribution < -0.4 is 10.6 Å². The summed E-state index contributed by atoms with van der Waals surface area (Å²) in [6, 6.07) is 9.45. The molecule has 4 nitrogen and oxygen atoms in total. The Morgan fingerprint density at radius 3 is 2.85 bits per heavy atom. The molecular weight excluding hydrogens is 283 g/mol. The average molecular weight is 303 g/mol. The largest absolute Gasteiger partial charge is 0.445 e. The number of amides is 1. The molecule has 1 aliphatic heterocycles. The molecule has 0 aliphatic carbocycles. The minimum Gasteiger partial charge on any atom is -0.445 e. The molecule has 1 fully saturated rings. The molecule has 0 saturated carbocycles. The lowest BCUT2D eigenvalue weighted by atomic mass is 9.96. The fourth-order valence-corrected chi connectivity index (χ4v) is 2.09. The maximum atomic E-state index is 13.5. The first-order valence-corrected chi connectivity index (χ1v) is 6.55. The van der Waals surface area contributed by atoms with Crippen molar-refractivity contribution in [3.63, 3.8) is 0 Å². The molecule has 2 atom stereocenters. The molecule has 1 saturated heterocycles. The van der Waals surface area contributed by atoms with Crippen LogP contribution >= 0.6 is 12.4 Å². The summed E-state index contributed by atoms with van der Waals surface area (Å²) in [6.07, 6.45) is -0.655. The molecule has 1 amide bonds. The van der Waals surface area contributed by atoms with Crippen molar-refractivity contribution in [2.24, 2.45) is 5.92 Å². The Balaban J connectivity index is 0.00000200. The first-order valence-electron chi connectivity index (χ1n) is 6.55. The van der Waals surface area contributed by atoms with E-state index in [-0.39, 0.29) is 24.9 Å². The molecule has 1 aromatic carbocycles. The maximum absolute atomic E-state index is 13.5. The summed E-state index contributed by atoms with van der Waals surface area (Å²) in [6.45, 7) is 1.73. The van der Waals surface area contributed by atoms with Crippen LogP contribution in [-0.4, -0.2) is 31.9 Å². The molecule has 0 radical (unpaired) electrons. The summed E-state index contributed by atoms with van der Waals surface area (Å²) in [5, 5.41) is 5.60. The van der Waals surface area contributed by atoms with Gasteiger partial charge in [0.1, 0.15) is 12.8 Å². The van der Waals surface area contributed by atoms with E-state index in [1.54, 1.807) is 0 Å². The summed E-state index contributed by atoms with van der Waals surface area (Å²) in [7, 11) is 0. The highest BCUT2D eigenvalue weighted by molar-refractivity contribution is 5.85. The van der Waals surface area contributed by atoms with Gasteiger partial charge >= 0.3 is 6.09 Å². The van der Waals surface area contributed by atoms with Crippen LogP contribution in [0.25, 0.3) is 0 Å². The number of halogens is 2. The fourth-order valence-electron chi connectivity index (χ4n) is 2.09. The predicted octanol–water partition coefficient (Wildman–Crippen LogP) is 2.28. The highest BCUT2D eigenvalue weighted by Gasteiger charge is 2.24. The Morgan fingerprint density at radius 1 is 1.40 bits per heavy atom. The van der Waals surface area contributed by atoms with E-state index in [9.17, 15) is 9.18 Å². The van der Waals surface area contributed by atoms with Crippen LogP contribution in [0.1, 0.15) is 12.0 Å². The third kappa shape index (κ3) is 5.35. The van der Waals surface area contributed by atoms with Gasteiger partial charge in [0.15, 0.2) is 0 Å². The Morgan fingerprint density at radius 2 is 2.15 bits per heavy atom. The topological polar surface area (TPSA) is 50.4 Å². The monoisotopic (exact) mass is 302 g/mol. The molecule has 2 N–H and O–H groups in total. The smallest absolute Gasteiger partial charge is 0.407 e. The molecular formula is C14H20ClFN2O2. The highest BCUT2D eigenvalue weighted by atomic mass is 35.5. The standard InChI is InChI=1S/C14H19FN2O2.ClH/c15-13-9-16-7-6-12(13)8-17-14(18)19-10-11-4-2-1-3-5-11;/h1-5,12-13,16H,6-10H2,(H,17,18);1H/t12-,13-;/m1./s1. The molecule has 1 aliphatic rings. The molecule has 6 heteroatoms. The number of benzene rings is 1. The number of nitrogens with one attached hydrogen (secondary N) is 2. The Kier molecular flexibility index (Phi) is 7.33. The maximum Gasteiger partial charge on any atom is 0.407 e. The first kappa shape index (κ1) is 16.7. The summed E-state index contributed by atoms with van der Waals surface area (Å²) < 4.78 is 18.6. The van der Waals surface area contributed by atoms with E-state index in [1.807, 2.05) is 30.3 Å². The van der Waals surface area contributed by atoms with E-state index < -0.39 is 12.3 Å². The highest BCUT2D eigenvalue weighted by Crippen LogP contribution is 2.14. The number of alkyl halides is 1. The summed E-state index contributed by atoms with van der Waals surface area (Å²) >= 11 is 0. The molecule has 1 aromatic rings. The lowest BCUT2D eigenvalue weighted by Crippen LogP contribution is -2.43. The number of hydrogen-bond donors (Lipinski definition) is 2. The van der Waals surface area contributed by atoms with E-state index in [0.717, 1.165) is 18.5 Å². The zero-order valence-electron chi connectivity index (χ0n) is 11.2. The van der Waals surface area contributed by atoms with E-state index in [2.05, 4.69) is 10.6 Å². The van der Waals surface area contributed by atoms with Crippen molar-refractivity contribution < 1.29 is 13.9 Å². The van der Waals surface area contributed by atoms with Crippen molar-refractivity contribution >= 4 is 18.5 Å². The quantitative estimate of drug-likeness (QED) is 0.897. The number of carbonyl (C=O) groups is 1. The van der Waals surface area contributed by atoms with Crippen LogP contribution in [0.15, 0.2) is 30.3 Å². The molecule has 0 spiro atoms. The SMILES string of the molecule is Cl.O=C(NC[C@H]1CCNC[C@H]1F)OCc1ccccc1. The first-order chi connectivity index (χ1) is 9.25. The van der Waals surface area contributed by atoms with Crippen LogP contribution in [0.4, 0.5) is 9.18 Å². The van der Waals surface area contributed by atoms with Gasteiger partial charge in [0.2, 0.25) is 0 Å². The second-order valence-corrected chi connectivity index (χ2v) is 4.71. The second kappa shape index (κ2) is 8.76. The van der Waals surface area contributed by atoms with Crippen LogP contribution in [-0.2, 0) is 11.3 Å². The summed E-state index contributed by atoms with van der Waals surface area (Å²) in [5.41, 5.74) is 0.933. The number of alkyl carbamates (subject to hydrolysis) is 1. The third-order valence-corrected chi connectivity index (χ3v) is 3.26. The fraction of sp³-hybridized carbons (Fsp3) is 0.500. The summed E-state index contributed by atoms with van der Waals surface area (Å²) in [4.78, 5) is 11.5. The van der Waals surface area contributed by atoms with Gasteiger partial charge in [-0.1, -0.05) is 30.3 Å². The summed E-state index contributed by atoms with van der Waals surface area (Å²) in [5.74, 6) is -0.120. The number of ether oxygens (including phenoxy) is 1. The van der Waals surface area contributed by atoms with Crippen LogP contribution in [0.5, 0.6) is 0 Å². The molecule has 20 heavy (non-hydrogen) atoms. The average Bonchev–Trinajstić information content (AvgIpc) is 2.45. The van der Waals surface area contributed by atoms with Gasteiger partial charge in [-0.25, -0.2) is 9.18 Å². The molecule has 1 heterocycles. The Hall–Kier alpha value is -1.33. The third-order valence-electron chi connectivity index (χ3n) is 3.26. The van der Waals surface area contributed by atoms with Crippen LogP contribution in [0, 0.1) is 5.92 Å². The van der Waals surface area contributed by atoms with Crippen molar-refractivity contribution in [2.75, 3.05) is 19.6 Å². The molecule has 0 bridgehead atoms. The van der Waals surface area contributed by atoms with Gasteiger partial charge in [0, 0.05) is 19.0 Å². The van der Waals surface area contributed by atoms with Crippen molar-refractivity contribution in [3.8, 4) is 0 Å². The second-order valence-electron chi connectivity index (χ2n) is 4.71. The Labute approximate surface area is 124 Å². The van der Waals surface area contributed by atoms with Crippen molar-refractivity contribution in [3.05, 3.63) is 35.9 Å². The van der Waals surface area contributed by atoms with Gasteiger partial charge in [-0.05, 0) is 18.5 Å². The normalized spacial score (nSPS) is 21.6. The van der Waals surface area contributed by atoms with E-state index in [4.69, 9.17) is 4.74 Å². The van der Waals surface area contributed by atoms with E-state index in [0.29, 0.717) is 13.1 Å². The Bertz CT molecular complexity index is 405. The number of piperidine rings is 1. The number of carbonyl (C=O) groups excluding carboxylic acids is 1. The lowest BCUT2D eigenvalue weighted by molar-refractivity contribution is 0.129. The molecule has 0 aromatic heterocycles. The zero-order chi connectivity index (χ0) is 13.5. The predicted molar refractivity (Wildman–Crippen MR) is 77.8 cm³/mol. The molecule has 0 unspecified atom stereocenters. The van der Waals surface area contributed by atoms with Gasteiger partial charge in [-0.3, -0.25) is 0 Å². The van der Waals surface area contributed by atoms with Gasteiger partial charge in [0.05, 0.1) is 0 Å². The van der Waals surface area contributed by atoms with E-state index in [1.165, 1.54) is 0 Å². The molecule has 2 rings (SSSR count). The van der Waals surface area contributed by atoms with Crippen molar-refractivity contribution in [1.29, 1.82) is 0 Å². The lowest BCUT2D eigenvalue weighted by Gasteiger charge is -2.26. The number of hydrogen-bond acceptors (Lipinski definition) is 3. The minimum absolute atomic E-state index is 0. The van der Waals surface area contributed by atoms with Crippen LogP contribution in [0.2, 0.25) is 0 Å². The van der Waals surface area contributed by atoms with Crippen molar-refractivity contribution in [1.82, 2.24) is 10.6 Å². The number of rotatable bonds is 4. The minimum atomic E-state index is -0.900. The van der Waals surface area contributed by atoms with Gasteiger partial charge in [-0.15, -0.1) is 12.4 Å². The van der Waals surface area contributed by atoms with Gasteiger partial charge < -0.3 is 15.4 Å². The van der Waals surface area contributed by atoms with E-state index >= 15 is 0 Å². The zero-order valence-corrected chi connectivity index (χ0v) is 12.0. The van der Waals surface area contributed by atoms with Gasteiger partial charge in [-0.2, -0.15) is 0 Å². The molecule has 112 valence electrons. The van der Waals surface area contributed by atoms with Crippen LogP contribution in [0.3, 0.4) is 0 Å².